The number of anilines is 1. The van der Waals surface area contributed by atoms with Crippen molar-refractivity contribution in [2.75, 3.05) is 38.5 Å². The van der Waals surface area contributed by atoms with Gasteiger partial charge in [-0.05, 0) is 51.4 Å². The maximum Gasteiger partial charge on any atom is 0.238 e. The fourth-order valence-electron chi connectivity index (χ4n) is 2.52. The minimum atomic E-state index is -0.101. The van der Waals surface area contributed by atoms with Crippen molar-refractivity contribution in [1.82, 2.24) is 9.80 Å². The maximum absolute atomic E-state index is 12.3. The van der Waals surface area contributed by atoms with Crippen LogP contribution in [-0.2, 0) is 9.59 Å². The van der Waals surface area contributed by atoms with Crippen LogP contribution in [0.3, 0.4) is 0 Å². The molecule has 0 unspecified atom stereocenters. The molecule has 0 aliphatic carbocycles. The maximum atomic E-state index is 12.3. The number of hydrogen-bond acceptors (Lipinski definition) is 3. The highest BCUT2D eigenvalue weighted by atomic mass is 16.2. The fraction of sp³-hybridized carbons (Fsp3) is 0.579. The molecule has 1 aromatic carbocycles. The van der Waals surface area contributed by atoms with Gasteiger partial charge in [-0.25, -0.2) is 0 Å². The van der Waals surface area contributed by atoms with Crippen molar-refractivity contribution in [3.8, 4) is 0 Å². The second-order valence-corrected chi connectivity index (χ2v) is 6.29. The molecule has 1 rings (SSSR count). The van der Waals surface area contributed by atoms with E-state index in [1.165, 1.54) is 0 Å². The van der Waals surface area contributed by atoms with Crippen molar-refractivity contribution < 1.29 is 9.59 Å². The first kappa shape index (κ1) is 20.2. The van der Waals surface area contributed by atoms with E-state index in [9.17, 15) is 9.59 Å². The van der Waals surface area contributed by atoms with Crippen molar-refractivity contribution in [2.45, 2.75) is 40.5 Å². The van der Waals surface area contributed by atoms with E-state index in [4.69, 9.17) is 0 Å². The van der Waals surface area contributed by atoms with Gasteiger partial charge in [0.25, 0.3) is 0 Å². The lowest BCUT2D eigenvalue weighted by molar-refractivity contribution is -0.132. The smallest absolute Gasteiger partial charge is 0.238 e. The Balaban J connectivity index is 2.51. The molecule has 0 heterocycles. The lowest BCUT2D eigenvalue weighted by Crippen LogP contribution is -2.41. The first-order valence-corrected chi connectivity index (χ1v) is 8.71. The second kappa shape index (κ2) is 10.1. The molecule has 134 valence electrons. The van der Waals surface area contributed by atoms with Crippen molar-refractivity contribution in [2.24, 2.45) is 0 Å². The van der Waals surface area contributed by atoms with Crippen LogP contribution in [0.15, 0.2) is 18.2 Å². The van der Waals surface area contributed by atoms with Crippen molar-refractivity contribution >= 4 is 17.5 Å². The van der Waals surface area contributed by atoms with Crippen LogP contribution in [-0.4, -0.2) is 54.8 Å². The van der Waals surface area contributed by atoms with Gasteiger partial charge in [-0.2, -0.15) is 0 Å². The molecule has 0 atom stereocenters. The summed E-state index contributed by atoms with van der Waals surface area (Å²) in [5.41, 5.74) is 3.05. The van der Waals surface area contributed by atoms with Crippen molar-refractivity contribution in [1.29, 1.82) is 0 Å². The molecule has 0 radical (unpaired) electrons. The molecule has 0 bridgehead atoms. The molecule has 0 spiro atoms. The van der Waals surface area contributed by atoms with Crippen LogP contribution in [0, 0.1) is 13.8 Å². The highest BCUT2D eigenvalue weighted by molar-refractivity contribution is 5.93. The molecule has 0 aliphatic rings. The summed E-state index contributed by atoms with van der Waals surface area (Å²) in [4.78, 5) is 28.1. The number of rotatable bonds is 9. The third-order valence-corrected chi connectivity index (χ3v) is 4.21. The zero-order valence-electron chi connectivity index (χ0n) is 15.7. The Hall–Kier alpha value is -1.88. The number of aryl methyl sites for hydroxylation is 1. The molecular weight excluding hydrogens is 302 g/mol. The normalized spacial score (nSPS) is 10.8. The molecule has 0 aromatic heterocycles. The summed E-state index contributed by atoms with van der Waals surface area (Å²) in [6.45, 7) is 10.1. The number of nitrogens with one attached hydrogen (secondary N) is 1. The van der Waals surface area contributed by atoms with Crippen LogP contribution in [0.25, 0.3) is 0 Å². The van der Waals surface area contributed by atoms with Crippen LogP contribution in [0.5, 0.6) is 0 Å². The highest BCUT2D eigenvalue weighted by Crippen LogP contribution is 2.17. The average Bonchev–Trinajstić information content (AvgIpc) is 2.52. The van der Waals surface area contributed by atoms with Crippen molar-refractivity contribution in [3.63, 3.8) is 0 Å². The van der Waals surface area contributed by atoms with Gasteiger partial charge < -0.3 is 10.2 Å². The molecule has 0 saturated carbocycles. The number of amides is 2. The van der Waals surface area contributed by atoms with Gasteiger partial charge >= 0.3 is 0 Å². The van der Waals surface area contributed by atoms with E-state index < -0.39 is 0 Å². The summed E-state index contributed by atoms with van der Waals surface area (Å²) in [6, 6.07) is 5.85. The van der Waals surface area contributed by atoms with Gasteiger partial charge in [-0.1, -0.05) is 25.5 Å². The van der Waals surface area contributed by atoms with Crippen LogP contribution >= 0.6 is 0 Å². The van der Waals surface area contributed by atoms with E-state index in [0.717, 1.165) is 36.2 Å². The Kier molecular flexibility index (Phi) is 8.47. The molecule has 0 aliphatic heterocycles. The number of likely N-dealkylation sites (N-methyl/N-ethyl adjacent to an activating group) is 2. The monoisotopic (exact) mass is 333 g/mol. The van der Waals surface area contributed by atoms with E-state index >= 15 is 0 Å². The molecule has 0 fully saturated rings. The summed E-state index contributed by atoms with van der Waals surface area (Å²) < 4.78 is 0. The minimum Gasteiger partial charge on any atom is -0.342 e. The number of unbranched alkanes of at least 4 members (excludes halogenated alkanes) is 1. The largest absolute Gasteiger partial charge is 0.342 e. The summed E-state index contributed by atoms with van der Waals surface area (Å²) in [5, 5.41) is 2.93. The Morgan fingerprint density at radius 2 is 1.83 bits per heavy atom. The zero-order chi connectivity index (χ0) is 18.1. The topological polar surface area (TPSA) is 52.7 Å². The summed E-state index contributed by atoms with van der Waals surface area (Å²) >= 11 is 0. The van der Waals surface area contributed by atoms with E-state index in [1.807, 2.05) is 43.9 Å². The molecular formula is C19H31N3O2. The number of carbonyl (C=O) groups excluding carboxylic acids is 2. The second-order valence-electron chi connectivity index (χ2n) is 6.29. The Bertz CT molecular complexity index is 558. The molecule has 24 heavy (non-hydrogen) atoms. The average molecular weight is 333 g/mol. The first-order chi connectivity index (χ1) is 11.4. The lowest BCUT2D eigenvalue weighted by Gasteiger charge is -2.24. The van der Waals surface area contributed by atoms with Crippen LogP contribution < -0.4 is 5.32 Å². The van der Waals surface area contributed by atoms with Gasteiger partial charge in [0.2, 0.25) is 11.8 Å². The molecule has 1 aromatic rings. The van der Waals surface area contributed by atoms with E-state index in [1.54, 1.807) is 11.9 Å². The van der Waals surface area contributed by atoms with Gasteiger partial charge in [0.15, 0.2) is 0 Å². The van der Waals surface area contributed by atoms with E-state index in [0.29, 0.717) is 6.54 Å². The van der Waals surface area contributed by atoms with Gasteiger partial charge in [0.1, 0.15) is 0 Å². The Labute approximate surface area is 146 Å². The lowest BCUT2D eigenvalue weighted by atomic mass is 10.1. The van der Waals surface area contributed by atoms with Gasteiger partial charge in [0, 0.05) is 18.8 Å². The minimum absolute atomic E-state index is 0.0768. The Morgan fingerprint density at radius 3 is 2.46 bits per heavy atom. The third-order valence-electron chi connectivity index (χ3n) is 4.21. The summed E-state index contributed by atoms with van der Waals surface area (Å²) in [5.74, 6) is -0.0245. The standard InChI is InChI=1S/C19H31N3O2/c1-6-8-12-22(7-2)19(24)14-21(5)13-18(23)20-17-11-9-10-15(3)16(17)4/h9-11H,6-8,12-14H2,1-5H3,(H,20,23). The predicted molar refractivity (Wildman–Crippen MR) is 99.2 cm³/mol. The SMILES string of the molecule is CCCCN(CC)C(=O)CN(C)CC(=O)Nc1cccc(C)c1C. The van der Waals surface area contributed by atoms with Crippen LogP contribution in [0.4, 0.5) is 5.69 Å². The molecule has 5 heteroatoms. The highest BCUT2D eigenvalue weighted by Gasteiger charge is 2.16. The van der Waals surface area contributed by atoms with Crippen molar-refractivity contribution in [3.05, 3.63) is 29.3 Å². The van der Waals surface area contributed by atoms with Gasteiger partial charge in [-0.15, -0.1) is 0 Å². The zero-order valence-corrected chi connectivity index (χ0v) is 15.7. The van der Waals surface area contributed by atoms with Gasteiger partial charge in [0.05, 0.1) is 13.1 Å². The Morgan fingerprint density at radius 1 is 1.12 bits per heavy atom. The van der Waals surface area contributed by atoms with Gasteiger partial charge in [-0.3, -0.25) is 14.5 Å². The number of nitrogens with zero attached hydrogens (tertiary/aromatic N) is 2. The number of carbonyl (C=O) groups is 2. The number of benzene rings is 1. The summed E-state index contributed by atoms with van der Waals surface area (Å²) in [6.07, 6.45) is 2.08. The van der Waals surface area contributed by atoms with E-state index in [-0.39, 0.29) is 24.9 Å². The predicted octanol–water partition coefficient (Wildman–Crippen LogP) is 2.82. The number of hydrogen-bond donors (Lipinski definition) is 1. The quantitative estimate of drug-likeness (QED) is 0.756. The van der Waals surface area contributed by atoms with Crippen LogP contribution in [0.2, 0.25) is 0 Å². The molecule has 1 N–H and O–H groups in total. The fourth-order valence-corrected chi connectivity index (χ4v) is 2.52. The molecule has 5 nitrogen and oxygen atoms in total. The molecule has 2 amide bonds. The van der Waals surface area contributed by atoms with E-state index in [2.05, 4.69) is 12.2 Å². The third kappa shape index (κ3) is 6.32. The molecule has 0 saturated heterocycles. The summed E-state index contributed by atoms with van der Waals surface area (Å²) in [7, 11) is 1.80. The van der Waals surface area contributed by atoms with Crippen LogP contribution in [0.1, 0.15) is 37.8 Å². The first-order valence-electron chi connectivity index (χ1n) is 8.71.